The number of likely N-dealkylation sites (N-methyl/N-ethyl adjacent to an activating group) is 2. The Bertz CT molecular complexity index is 349. The molecule has 0 fully saturated rings. The van der Waals surface area contributed by atoms with Crippen LogP contribution in [0.3, 0.4) is 0 Å². The lowest BCUT2D eigenvalue weighted by Gasteiger charge is -2.36. The van der Waals surface area contributed by atoms with Crippen molar-refractivity contribution in [3.05, 3.63) is 0 Å². The molecule has 0 saturated heterocycles. The Labute approximate surface area is 113 Å². The van der Waals surface area contributed by atoms with Crippen molar-refractivity contribution >= 4 is 17.9 Å². The van der Waals surface area contributed by atoms with Crippen molar-refractivity contribution in [2.24, 2.45) is 0 Å². The van der Waals surface area contributed by atoms with Gasteiger partial charge in [-0.25, -0.2) is 4.79 Å². The first kappa shape index (κ1) is 17.2. The Kier molecular flexibility index (Phi) is 6.31. The van der Waals surface area contributed by atoms with Crippen molar-refractivity contribution in [2.45, 2.75) is 33.2 Å². The third-order valence-electron chi connectivity index (χ3n) is 2.42. The Hall–Kier alpha value is -1.79. The summed E-state index contributed by atoms with van der Waals surface area (Å²) in [6.45, 7) is 7.00. The molecule has 0 radical (unpaired) electrons. The van der Waals surface area contributed by atoms with Gasteiger partial charge in [0.15, 0.2) is 0 Å². The first-order chi connectivity index (χ1) is 8.59. The molecule has 0 rings (SSSR count). The van der Waals surface area contributed by atoms with Crippen LogP contribution in [0.4, 0.5) is 4.79 Å². The maximum absolute atomic E-state index is 12.2. The van der Waals surface area contributed by atoms with E-state index in [9.17, 15) is 14.4 Å². The summed E-state index contributed by atoms with van der Waals surface area (Å²) >= 11 is 0. The summed E-state index contributed by atoms with van der Waals surface area (Å²) in [4.78, 5) is 36.8. The van der Waals surface area contributed by atoms with Crippen molar-refractivity contribution in [3.8, 4) is 0 Å². The minimum atomic E-state index is -1.09. The van der Waals surface area contributed by atoms with Gasteiger partial charge < -0.3 is 20.2 Å². The molecule has 0 saturated carbocycles. The van der Waals surface area contributed by atoms with Crippen molar-refractivity contribution in [1.29, 1.82) is 0 Å². The Balaban J connectivity index is 4.80. The first-order valence-electron chi connectivity index (χ1n) is 6.10. The molecule has 0 aromatic carbocycles. The average Bonchev–Trinajstić information content (AvgIpc) is 2.23. The Morgan fingerprint density at radius 2 is 1.68 bits per heavy atom. The van der Waals surface area contributed by atoms with Crippen LogP contribution in [0.1, 0.15) is 27.7 Å². The second-order valence-electron chi connectivity index (χ2n) is 5.24. The number of carbonyl (C=O) groups is 3. The van der Waals surface area contributed by atoms with E-state index >= 15 is 0 Å². The van der Waals surface area contributed by atoms with Crippen molar-refractivity contribution in [1.82, 2.24) is 15.1 Å². The molecule has 0 atom stereocenters. The van der Waals surface area contributed by atoms with Crippen LogP contribution in [0.2, 0.25) is 0 Å². The van der Waals surface area contributed by atoms with E-state index in [0.29, 0.717) is 6.54 Å². The van der Waals surface area contributed by atoms with Crippen LogP contribution < -0.4 is 5.32 Å². The first-order valence-corrected chi connectivity index (χ1v) is 6.10. The monoisotopic (exact) mass is 273 g/mol. The average molecular weight is 273 g/mol. The number of amides is 3. The van der Waals surface area contributed by atoms with E-state index in [1.807, 2.05) is 0 Å². The van der Waals surface area contributed by atoms with Crippen LogP contribution in [0.5, 0.6) is 0 Å². The summed E-state index contributed by atoms with van der Waals surface area (Å²) in [6, 6.07) is -0.485. The SMILES string of the molecule is CCNC(=O)CN(C)C(=O)N(CC(=O)O)C(C)(C)C. The fraction of sp³-hybridized carbons (Fsp3) is 0.750. The standard InChI is InChI=1S/C12H23N3O4/c1-6-13-9(16)7-14(5)11(19)15(8-10(17)18)12(2,3)4/h6-8H2,1-5H3,(H,13,16)(H,17,18). The smallest absolute Gasteiger partial charge is 0.323 e. The molecule has 0 aliphatic rings. The fourth-order valence-electron chi connectivity index (χ4n) is 1.47. The second kappa shape index (κ2) is 6.96. The van der Waals surface area contributed by atoms with Crippen LogP contribution in [0.15, 0.2) is 0 Å². The van der Waals surface area contributed by atoms with Gasteiger partial charge in [-0.2, -0.15) is 0 Å². The molecule has 0 heterocycles. The number of urea groups is 1. The second-order valence-corrected chi connectivity index (χ2v) is 5.24. The highest BCUT2D eigenvalue weighted by atomic mass is 16.4. The van der Waals surface area contributed by atoms with Crippen molar-refractivity contribution in [3.63, 3.8) is 0 Å². The molecule has 7 nitrogen and oxygen atoms in total. The van der Waals surface area contributed by atoms with Gasteiger partial charge in [-0.1, -0.05) is 0 Å². The predicted octanol–water partition coefficient (Wildman–Crippen LogP) is 0.359. The molecular formula is C12H23N3O4. The van der Waals surface area contributed by atoms with Gasteiger partial charge in [0.25, 0.3) is 0 Å². The lowest BCUT2D eigenvalue weighted by Crippen LogP contribution is -2.54. The Morgan fingerprint density at radius 1 is 1.16 bits per heavy atom. The minimum Gasteiger partial charge on any atom is -0.480 e. The number of hydrogen-bond donors (Lipinski definition) is 2. The third kappa shape index (κ3) is 6.08. The molecule has 3 amide bonds. The third-order valence-corrected chi connectivity index (χ3v) is 2.42. The Morgan fingerprint density at radius 3 is 2.05 bits per heavy atom. The normalized spacial score (nSPS) is 10.8. The van der Waals surface area contributed by atoms with Crippen LogP contribution in [-0.4, -0.2) is 65.0 Å². The maximum atomic E-state index is 12.2. The zero-order valence-corrected chi connectivity index (χ0v) is 12.2. The van der Waals surface area contributed by atoms with Crippen LogP contribution in [0.25, 0.3) is 0 Å². The fourth-order valence-corrected chi connectivity index (χ4v) is 1.47. The van der Waals surface area contributed by atoms with Crippen LogP contribution >= 0.6 is 0 Å². The van der Waals surface area contributed by atoms with Gasteiger partial charge in [-0.05, 0) is 27.7 Å². The van der Waals surface area contributed by atoms with E-state index in [2.05, 4.69) is 5.32 Å². The number of carboxylic acid groups (broad SMARTS) is 1. The van der Waals surface area contributed by atoms with Gasteiger partial charge in [0.05, 0.1) is 0 Å². The topological polar surface area (TPSA) is 90.0 Å². The van der Waals surface area contributed by atoms with Gasteiger partial charge in [-0.3, -0.25) is 9.59 Å². The molecule has 110 valence electrons. The van der Waals surface area contributed by atoms with Gasteiger partial charge in [0.1, 0.15) is 13.1 Å². The summed E-state index contributed by atoms with van der Waals surface area (Å²) in [6.07, 6.45) is 0. The lowest BCUT2D eigenvalue weighted by atomic mass is 10.1. The van der Waals surface area contributed by atoms with E-state index in [0.717, 1.165) is 0 Å². The van der Waals surface area contributed by atoms with Crippen molar-refractivity contribution < 1.29 is 19.5 Å². The van der Waals surface area contributed by atoms with E-state index in [1.54, 1.807) is 27.7 Å². The number of hydrogen-bond acceptors (Lipinski definition) is 3. The van der Waals surface area contributed by atoms with Crippen LogP contribution in [-0.2, 0) is 9.59 Å². The molecule has 0 aliphatic carbocycles. The summed E-state index contributed by atoms with van der Waals surface area (Å²) in [7, 11) is 1.47. The van der Waals surface area contributed by atoms with E-state index in [-0.39, 0.29) is 12.5 Å². The van der Waals surface area contributed by atoms with Crippen molar-refractivity contribution in [2.75, 3.05) is 26.7 Å². The number of carboxylic acids is 1. The molecule has 0 bridgehead atoms. The highest BCUT2D eigenvalue weighted by Crippen LogP contribution is 2.14. The van der Waals surface area contributed by atoms with Gasteiger partial charge in [0.2, 0.25) is 5.91 Å². The van der Waals surface area contributed by atoms with Gasteiger partial charge in [-0.15, -0.1) is 0 Å². The molecule has 0 aromatic heterocycles. The van der Waals surface area contributed by atoms with E-state index in [1.165, 1.54) is 16.8 Å². The molecule has 2 N–H and O–H groups in total. The molecule has 7 heteroatoms. The zero-order chi connectivity index (χ0) is 15.2. The number of carbonyl (C=O) groups excluding carboxylic acids is 2. The molecular weight excluding hydrogens is 250 g/mol. The van der Waals surface area contributed by atoms with Crippen LogP contribution in [0, 0.1) is 0 Å². The van der Waals surface area contributed by atoms with E-state index in [4.69, 9.17) is 5.11 Å². The summed E-state index contributed by atoms with van der Waals surface area (Å²) in [5, 5.41) is 11.4. The maximum Gasteiger partial charge on any atom is 0.323 e. The van der Waals surface area contributed by atoms with Gasteiger partial charge in [0, 0.05) is 19.1 Å². The van der Waals surface area contributed by atoms with Gasteiger partial charge >= 0.3 is 12.0 Å². The number of nitrogens with zero attached hydrogens (tertiary/aromatic N) is 2. The number of rotatable bonds is 5. The summed E-state index contributed by atoms with van der Waals surface area (Å²) in [5.41, 5.74) is -0.634. The minimum absolute atomic E-state index is 0.0983. The number of nitrogens with one attached hydrogen (secondary N) is 1. The highest BCUT2D eigenvalue weighted by Gasteiger charge is 2.31. The quantitative estimate of drug-likeness (QED) is 0.756. The molecule has 19 heavy (non-hydrogen) atoms. The summed E-state index contributed by atoms with van der Waals surface area (Å²) < 4.78 is 0. The number of aliphatic carboxylic acids is 1. The molecule has 0 aliphatic heterocycles. The van der Waals surface area contributed by atoms with E-state index < -0.39 is 24.1 Å². The lowest BCUT2D eigenvalue weighted by molar-refractivity contribution is -0.138. The highest BCUT2D eigenvalue weighted by molar-refractivity contribution is 5.85. The molecule has 0 spiro atoms. The molecule has 0 aromatic rings. The zero-order valence-electron chi connectivity index (χ0n) is 12.2. The predicted molar refractivity (Wildman–Crippen MR) is 70.8 cm³/mol. The molecule has 0 unspecified atom stereocenters. The summed E-state index contributed by atoms with van der Waals surface area (Å²) in [5.74, 6) is -1.36. The largest absolute Gasteiger partial charge is 0.480 e.